The Labute approximate surface area is 214 Å². The van der Waals surface area contributed by atoms with E-state index in [2.05, 4.69) is 27.0 Å². The number of imidazole rings is 1. The number of hydrogen-bond acceptors (Lipinski definition) is 6. The van der Waals surface area contributed by atoms with Crippen LogP contribution in [0.2, 0.25) is 5.02 Å². The summed E-state index contributed by atoms with van der Waals surface area (Å²) in [6.07, 6.45) is 0.748. The van der Waals surface area contributed by atoms with E-state index in [-0.39, 0.29) is 11.9 Å². The van der Waals surface area contributed by atoms with Crippen molar-refractivity contribution < 1.29 is 14.3 Å². The molecule has 5 rings (SSSR count). The van der Waals surface area contributed by atoms with Crippen LogP contribution in [0.3, 0.4) is 0 Å². The van der Waals surface area contributed by atoms with Gasteiger partial charge in [0.05, 0.1) is 29.4 Å². The number of rotatable bonds is 6. The van der Waals surface area contributed by atoms with Crippen molar-refractivity contribution in [3.8, 4) is 23.0 Å². The first-order chi connectivity index (χ1) is 17.4. The van der Waals surface area contributed by atoms with Crippen LogP contribution in [-0.4, -0.2) is 66.2 Å². The normalized spacial score (nSPS) is 13.7. The number of H-pyrrole nitrogens is 1. The Morgan fingerprint density at radius 1 is 1.11 bits per heavy atom. The summed E-state index contributed by atoms with van der Waals surface area (Å²) < 4.78 is 11.4. The Morgan fingerprint density at radius 2 is 1.86 bits per heavy atom. The van der Waals surface area contributed by atoms with Crippen molar-refractivity contribution in [2.24, 2.45) is 0 Å². The Hall–Kier alpha value is -3.62. The third-order valence-corrected chi connectivity index (χ3v) is 6.52. The highest BCUT2D eigenvalue weighted by atomic mass is 35.5. The molecule has 0 bridgehead atoms. The molecule has 2 aromatic heterocycles. The van der Waals surface area contributed by atoms with E-state index in [4.69, 9.17) is 26.1 Å². The second kappa shape index (κ2) is 10.2. The topological polar surface area (TPSA) is 83.6 Å². The van der Waals surface area contributed by atoms with Crippen molar-refractivity contribution in [2.75, 3.05) is 45.3 Å². The fraction of sp³-hybridized carbons (Fsp3) is 0.296. The van der Waals surface area contributed by atoms with E-state index >= 15 is 0 Å². The monoisotopic (exact) mass is 505 g/mol. The summed E-state index contributed by atoms with van der Waals surface area (Å²) >= 11 is 6.59. The number of hydrogen-bond donors (Lipinski definition) is 1. The maximum absolute atomic E-state index is 12.6. The molecule has 0 spiro atoms. The molecule has 3 heterocycles. The Balaban J connectivity index is 1.40. The zero-order valence-corrected chi connectivity index (χ0v) is 21.3. The van der Waals surface area contributed by atoms with Gasteiger partial charge in [-0.15, -0.1) is 0 Å². The summed E-state index contributed by atoms with van der Waals surface area (Å²) in [5.41, 5.74) is 5.45. The smallest absolute Gasteiger partial charge is 0.301 e. The molecule has 1 saturated heterocycles. The van der Waals surface area contributed by atoms with Gasteiger partial charge in [0.2, 0.25) is 0 Å². The quantitative estimate of drug-likeness (QED) is 0.389. The number of aromatic nitrogens is 3. The SMILES string of the molecule is CCc1ccc(Oc2nc3nc(-c4ccc(N5CCOCC5)cc4)c(Cl)cc3[nH]2)cc1C(=O)N(C)C. The molecule has 1 fully saturated rings. The highest BCUT2D eigenvalue weighted by Crippen LogP contribution is 2.32. The lowest BCUT2D eigenvalue weighted by Crippen LogP contribution is -2.36. The number of halogens is 1. The summed E-state index contributed by atoms with van der Waals surface area (Å²) in [5, 5.41) is 0.517. The predicted molar refractivity (Wildman–Crippen MR) is 141 cm³/mol. The number of nitrogens with zero attached hydrogens (tertiary/aromatic N) is 4. The summed E-state index contributed by atoms with van der Waals surface area (Å²) in [6, 6.07) is 15.8. The summed E-state index contributed by atoms with van der Waals surface area (Å²) in [5.74, 6) is 0.445. The van der Waals surface area contributed by atoms with Gasteiger partial charge in [-0.3, -0.25) is 4.79 Å². The summed E-state index contributed by atoms with van der Waals surface area (Å²) in [6.45, 7) is 5.26. The number of fused-ring (bicyclic) bond motifs is 1. The molecule has 0 saturated carbocycles. The van der Waals surface area contributed by atoms with Crippen molar-refractivity contribution in [2.45, 2.75) is 13.3 Å². The average Bonchev–Trinajstić information content (AvgIpc) is 3.29. The van der Waals surface area contributed by atoms with Crippen LogP contribution in [0.1, 0.15) is 22.8 Å². The Morgan fingerprint density at radius 3 is 2.56 bits per heavy atom. The largest absolute Gasteiger partial charge is 0.426 e. The van der Waals surface area contributed by atoms with Gasteiger partial charge in [0.15, 0.2) is 5.65 Å². The lowest BCUT2D eigenvalue weighted by atomic mass is 10.0. The maximum atomic E-state index is 12.6. The highest BCUT2D eigenvalue weighted by Gasteiger charge is 2.17. The van der Waals surface area contributed by atoms with Gasteiger partial charge in [-0.2, -0.15) is 4.98 Å². The van der Waals surface area contributed by atoms with Crippen molar-refractivity contribution in [1.29, 1.82) is 0 Å². The van der Waals surface area contributed by atoms with Gasteiger partial charge in [-0.25, -0.2) is 4.98 Å². The molecule has 36 heavy (non-hydrogen) atoms. The first kappa shape index (κ1) is 24.1. The van der Waals surface area contributed by atoms with E-state index in [1.54, 1.807) is 31.1 Å². The van der Waals surface area contributed by atoms with Crippen LogP contribution in [0.25, 0.3) is 22.4 Å². The number of ether oxygens (including phenoxy) is 2. The number of amides is 1. The molecule has 1 aliphatic heterocycles. The molecular weight excluding hydrogens is 478 g/mol. The molecule has 0 atom stereocenters. The predicted octanol–water partition coefficient (Wildman–Crippen LogP) is 5.17. The molecule has 0 radical (unpaired) electrons. The number of morpholine rings is 1. The van der Waals surface area contributed by atoms with Gasteiger partial charge in [-0.05, 0) is 42.3 Å². The Kier molecular flexibility index (Phi) is 6.80. The lowest BCUT2D eigenvalue weighted by molar-refractivity contribution is 0.0826. The molecule has 1 amide bonds. The fourth-order valence-corrected chi connectivity index (χ4v) is 4.54. The van der Waals surface area contributed by atoms with E-state index < -0.39 is 0 Å². The number of nitrogens with one attached hydrogen (secondary N) is 1. The average molecular weight is 506 g/mol. The van der Waals surface area contributed by atoms with Gasteiger partial charge in [0.1, 0.15) is 5.75 Å². The van der Waals surface area contributed by atoms with Gasteiger partial charge in [0, 0.05) is 44.0 Å². The first-order valence-electron chi connectivity index (χ1n) is 11.9. The first-order valence-corrected chi connectivity index (χ1v) is 12.3. The second-order valence-corrected chi connectivity index (χ2v) is 9.26. The molecule has 0 aliphatic carbocycles. The maximum Gasteiger partial charge on any atom is 0.301 e. The van der Waals surface area contributed by atoms with E-state index in [9.17, 15) is 4.79 Å². The molecule has 0 unspecified atom stereocenters. The molecule has 2 aromatic carbocycles. The minimum atomic E-state index is -0.0698. The van der Waals surface area contributed by atoms with Crippen LogP contribution in [0.5, 0.6) is 11.8 Å². The van der Waals surface area contributed by atoms with Crippen LogP contribution in [0.15, 0.2) is 48.5 Å². The minimum absolute atomic E-state index is 0.0698. The molecule has 186 valence electrons. The number of aryl methyl sites for hydroxylation is 1. The van der Waals surface area contributed by atoms with Crippen molar-refractivity contribution in [3.05, 3.63) is 64.7 Å². The molecule has 1 aliphatic rings. The third kappa shape index (κ3) is 4.87. The van der Waals surface area contributed by atoms with Crippen molar-refractivity contribution >= 4 is 34.4 Å². The fourth-order valence-electron chi connectivity index (χ4n) is 4.28. The Bertz CT molecular complexity index is 1390. The van der Waals surface area contributed by atoms with E-state index in [0.717, 1.165) is 49.5 Å². The van der Waals surface area contributed by atoms with Crippen LogP contribution in [0.4, 0.5) is 5.69 Å². The van der Waals surface area contributed by atoms with E-state index in [1.807, 2.05) is 31.2 Å². The summed E-state index contributed by atoms with van der Waals surface area (Å²) in [7, 11) is 3.47. The van der Waals surface area contributed by atoms with Gasteiger partial charge < -0.3 is 24.3 Å². The van der Waals surface area contributed by atoms with Crippen molar-refractivity contribution in [3.63, 3.8) is 0 Å². The van der Waals surface area contributed by atoms with E-state index in [1.165, 1.54) is 0 Å². The minimum Gasteiger partial charge on any atom is -0.426 e. The number of carbonyl (C=O) groups excluding carboxylic acids is 1. The number of benzene rings is 2. The van der Waals surface area contributed by atoms with Crippen LogP contribution < -0.4 is 9.64 Å². The standard InChI is InChI=1S/C27H28ClN5O3/c1-4-17-7-10-20(15-21(17)26(34)32(2)3)36-27-29-23-16-22(28)24(30-25(23)31-27)18-5-8-19(9-6-18)33-11-13-35-14-12-33/h5-10,15-16H,4,11-14H2,1-3H3,(H,29,30,31). The lowest BCUT2D eigenvalue weighted by Gasteiger charge is -2.28. The number of pyridine rings is 1. The zero-order valence-electron chi connectivity index (χ0n) is 20.5. The van der Waals surface area contributed by atoms with E-state index in [0.29, 0.717) is 33.2 Å². The zero-order chi connectivity index (χ0) is 25.2. The second-order valence-electron chi connectivity index (χ2n) is 8.85. The number of aromatic amines is 1. The highest BCUT2D eigenvalue weighted by molar-refractivity contribution is 6.33. The van der Waals surface area contributed by atoms with Crippen LogP contribution >= 0.6 is 11.6 Å². The molecular formula is C27H28ClN5O3. The van der Waals surface area contributed by atoms with Gasteiger partial charge >= 0.3 is 6.01 Å². The van der Waals surface area contributed by atoms with Crippen LogP contribution in [-0.2, 0) is 11.2 Å². The molecule has 8 nitrogen and oxygen atoms in total. The third-order valence-electron chi connectivity index (χ3n) is 6.24. The summed E-state index contributed by atoms with van der Waals surface area (Å²) in [4.78, 5) is 28.8. The number of anilines is 1. The van der Waals surface area contributed by atoms with Crippen molar-refractivity contribution in [1.82, 2.24) is 19.9 Å². The molecule has 9 heteroatoms. The number of carbonyl (C=O) groups is 1. The van der Waals surface area contributed by atoms with Gasteiger partial charge in [-0.1, -0.05) is 36.7 Å². The molecule has 4 aromatic rings. The van der Waals surface area contributed by atoms with Crippen LogP contribution in [0, 0.1) is 0 Å². The molecule has 1 N–H and O–H groups in total. The van der Waals surface area contributed by atoms with Gasteiger partial charge in [0.25, 0.3) is 5.91 Å².